The quantitative estimate of drug-likeness (QED) is 0.883. The fourth-order valence-corrected chi connectivity index (χ4v) is 2.68. The lowest BCUT2D eigenvalue weighted by Gasteiger charge is -2.22. The third kappa shape index (κ3) is 4.68. The number of carbonyl (C=O) groups is 1. The van der Waals surface area contributed by atoms with E-state index in [1.165, 1.54) is 6.07 Å². The molecular weight excluding hydrogens is 299 g/mol. The van der Waals surface area contributed by atoms with Gasteiger partial charge in [-0.3, -0.25) is 9.52 Å². The Morgan fingerprint density at radius 3 is 2.57 bits per heavy atom. The van der Waals surface area contributed by atoms with E-state index in [4.69, 9.17) is 4.74 Å². The van der Waals surface area contributed by atoms with Crippen LogP contribution >= 0.6 is 0 Å². The largest absolute Gasteiger partial charge is 0.381 e. The average molecular weight is 316 g/mol. The number of halogens is 1. The number of amides is 1. The zero-order chi connectivity index (χ0) is 15.5. The van der Waals surface area contributed by atoms with Crippen molar-refractivity contribution in [2.45, 2.75) is 12.8 Å². The third-order valence-corrected chi connectivity index (χ3v) is 3.72. The zero-order valence-corrected chi connectivity index (χ0v) is 12.4. The molecule has 1 heterocycles. The minimum atomic E-state index is -3.52. The van der Waals surface area contributed by atoms with Crippen LogP contribution in [-0.2, 0) is 19.6 Å². The van der Waals surface area contributed by atoms with Crippen molar-refractivity contribution < 1.29 is 22.3 Å². The van der Waals surface area contributed by atoms with Crippen LogP contribution in [-0.4, -0.2) is 33.8 Å². The van der Waals surface area contributed by atoms with Crippen LogP contribution < -0.4 is 10.0 Å². The Morgan fingerprint density at radius 2 is 1.95 bits per heavy atom. The second-order valence-corrected chi connectivity index (χ2v) is 6.69. The molecule has 1 saturated heterocycles. The smallest absolute Gasteiger partial charge is 0.229 e. The first kappa shape index (κ1) is 15.7. The number of carbonyl (C=O) groups excluding carboxylic acids is 1. The van der Waals surface area contributed by atoms with Gasteiger partial charge in [0.15, 0.2) is 0 Å². The molecule has 6 nitrogen and oxygen atoms in total. The SMILES string of the molecule is CS(=O)(=O)Nc1ccc(F)cc1NC(=O)C1CCOCC1. The van der Waals surface area contributed by atoms with Crippen LogP contribution in [0.4, 0.5) is 15.8 Å². The van der Waals surface area contributed by atoms with Gasteiger partial charge in [0.2, 0.25) is 15.9 Å². The molecule has 1 fully saturated rings. The van der Waals surface area contributed by atoms with Gasteiger partial charge in [0.25, 0.3) is 0 Å². The molecule has 1 aliphatic rings. The van der Waals surface area contributed by atoms with E-state index in [0.717, 1.165) is 18.4 Å². The lowest BCUT2D eigenvalue weighted by atomic mass is 9.99. The topological polar surface area (TPSA) is 84.5 Å². The number of rotatable bonds is 4. The van der Waals surface area contributed by atoms with E-state index in [-0.39, 0.29) is 23.2 Å². The molecule has 0 aliphatic carbocycles. The van der Waals surface area contributed by atoms with Crippen molar-refractivity contribution in [2.24, 2.45) is 5.92 Å². The molecule has 1 aliphatic heterocycles. The highest BCUT2D eigenvalue weighted by molar-refractivity contribution is 7.92. The highest BCUT2D eigenvalue weighted by Gasteiger charge is 2.22. The molecule has 0 bridgehead atoms. The minimum Gasteiger partial charge on any atom is -0.381 e. The maximum Gasteiger partial charge on any atom is 0.229 e. The van der Waals surface area contributed by atoms with Gasteiger partial charge in [-0.25, -0.2) is 12.8 Å². The first-order chi connectivity index (χ1) is 9.85. The molecule has 0 aromatic heterocycles. The standard InChI is InChI=1S/C13H17FN2O4S/c1-21(18,19)16-11-3-2-10(14)8-12(11)15-13(17)9-4-6-20-7-5-9/h2-3,8-9,16H,4-7H2,1H3,(H,15,17). The van der Waals surface area contributed by atoms with Gasteiger partial charge < -0.3 is 10.1 Å². The van der Waals surface area contributed by atoms with E-state index >= 15 is 0 Å². The number of anilines is 2. The van der Waals surface area contributed by atoms with E-state index in [0.29, 0.717) is 26.1 Å². The summed E-state index contributed by atoms with van der Waals surface area (Å²) in [5.74, 6) is -1.04. The Morgan fingerprint density at radius 1 is 1.29 bits per heavy atom. The molecule has 1 amide bonds. The fraction of sp³-hybridized carbons (Fsp3) is 0.462. The van der Waals surface area contributed by atoms with Crippen LogP contribution in [0, 0.1) is 11.7 Å². The minimum absolute atomic E-state index is 0.108. The zero-order valence-electron chi connectivity index (χ0n) is 11.6. The molecular formula is C13H17FN2O4S. The average Bonchev–Trinajstić information content (AvgIpc) is 2.41. The number of nitrogens with one attached hydrogen (secondary N) is 2. The Hall–Kier alpha value is -1.67. The summed E-state index contributed by atoms with van der Waals surface area (Å²) in [6.07, 6.45) is 2.17. The maximum absolute atomic E-state index is 13.3. The monoisotopic (exact) mass is 316 g/mol. The second-order valence-electron chi connectivity index (χ2n) is 4.94. The first-order valence-electron chi connectivity index (χ1n) is 6.51. The molecule has 1 aromatic rings. The Labute approximate surface area is 122 Å². The van der Waals surface area contributed by atoms with E-state index in [2.05, 4.69) is 10.0 Å². The van der Waals surface area contributed by atoms with Gasteiger partial charge in [0, 0.05) is 19.1 Å². The second kappa shape index (κ2) is 6.40. The van der Waals surface area contributed by atoms with E-state index < -0.39 is 15.8 Å². The van der Waals surface area contributed by atoms with Crippen molar-refractivity contribution in [1.29, 1.82) is 0 Å². The predicted molar refractivity (Wildman–Crippen MR) is 77.0 cm³/mol. The van der Waals surface area contributed by atoms with Crippen molar-refractivity contribution in [1.82, 2.24) is 0 Å². The molecule has 8 heteroatoms. The Kier molecular flexibility index (Phi) is 4.79. The van der Waals surface area contributed by atoms with Crippen LogP contribution in [0.15, 0.2) is 18.2 Å². The number of hydrogen-bond donors (Lipinski definition) is 2. The van der Waals surface area contributed by atoms with Crippen LogP contribution in [0.3, 0.4) is 0 Å². The molecule has 21 heavy (non-hydrogen) atoms. The molecule has 0 unspecified atom stereocenters. The molecule has 0 saturated carbocycles. The summed E-state index contributed by atoms with van der Waals surface area (Å²) in [5.41, 5.74) is 0.247. The number of hydrogen-bond acceptors (Lipinski definition) is 4. The Bertz CT molecular complexity index is 627. The lowest BCUT2D eigenvalue weighted by molar-refractivity contribution is -0.122. The van der Waals surface area contributed by atoms with Crippen LogP contribution in [0.5, 0.6) is 0 Å². The van der Waals surface area contributed by atoms with Crippen LogP contribution in [0.1, 0.15) is 12.8 Å². The summed E-state index contributed by atoms with van der Waals surface area (Å²) in [6, 6.07) is 3.48. The van der Waals surface area contributed by atoms with Crippen LogP contribution in [0.2, 0.25) is 0 Å². The van der Waals surface area contributed by atoms with Gasteiger partial charge in [-0.15, -0.1) is 0 Å². The van der Waals surface area contributed by atoms with Crippen molar-refractivity contribution in [3.63, 3.8) is 0 Å². The van der Waals surface area contributed by atoms with E-state index in [9.17, 15) is 17.6 Å². The van der Waals surface area contributed by atoms with Gasteiger partial charge in [0.1, 0.15) is 5.82 Å². The highest BCUT2D eigenvalue weighted by Crippen LogP contribution is 2.25. The van der Waals surface area contributed by atoms with E-state index in [1.807, 2.05) is 0 Å². The molecule has 2 rings (SSSR count). The summed E-state index contributed by atoms with van der Waals surface area (Å²) < 4.78 is 43.3. The first-order valence-corrected chi connectivity index (χ1v) is 8.40. The number of benzene rings is 1. The summed E-state index contributed by atoms with van der Waals surface area (Å²) in [4.78, 5) is 12.1. The summed E-state index contributed by atoms with van der Waals surface area (Å²) in [7, 11) is -3.52. The Balaban J connectivity index is 2.17. The van der Waals surface area contributed by atoms with Crippen molar-refractivity contribution >= 4 is 27.3 Å². The van der Waals surface area contributed by atoms with Crippen molar-refractivity contribution in [3.05, 3.63) is 24.0 Å². The molecule has 0 radical (unpaired) electrons. The maximum atomic E-state index is 13.3. The molecule has 0 spiro atoms. The molecule has 1 aromatic carbocycles. The van der Waals surface area contributed by atoms with Gasteiger partial charge >= 0.3 is 0 Å². The molecule has 0 atom stereocenters. The summed E-state index contributed by atoms with van der Waals surface area (Å²) >= 11 is 0. The summed E-state index contributed by atoms with van der Waals surface area (Å²) in [6.45, 7) is 1.02. The molecule has 2 N–H and O–H groups in total. The fourth-order valence-electron chi connectivity index (χ4n) is 2.10. The predicted octanol–water partition coefficient (Wildman–Crippen LogP) is 1.56. The van der Waals surface area contributed by atoms with Gasteiger partial charge in [-0.2, -0.15) is 0 Å². The van der Waals surface area contributed by atoms with Crippen molar-refractivity contribution in [2.75, 3.05) is 29.5 Å². The van der Waals surface area contributed by atoms with Gasteiger partial charge in [-0.05, 0) is 31.0 Å². The number of ether oxygens (including phenoxy) is 1. The van der Waals surface area contributed by atoms with Gasteiger partial charge in [-0.1, -0.05) is 0 Å². The molecule has 116 valence electrons. The summed E-state index contributed by atoms with van der Waals surface area (Å²) in [5, 5.41) is 2.58. The van der Waals surface area contributed by atoms with Gasteiger partial charge in [0.05, 0.1) is 17.6 Å². The number of sulfonamides is 1. The third-order valence-electron chi connectivity index (χ3n) is 3.13. The van der Waals surface area contributed by atoms with E-state index in [1.54, 1.807) is 0 Å². The lowest BCUT2D eigenvalue weighted by Crippen LogP contribution is -2.29. The van der Waals surface area contributed by atoms with Crippen LogP contribution in [0.25, 0.3) is 0 Å². The highest BCUT2D eigenvalue weighted by atomic mass is 32.2. The normalized spacial score (nSPS) is 16.5. The van der Waals surface area contributed by atoms with Crippen molar-refractivity contribution in [3.8, 4) is 0 Å².